The Bertz CT molecular complexity index is 721. The highest BCUT2D eigenvalue weighted by Crippen LogP contribution is 2.49. The first-order valence-corrected chi connectivity index (χ1v) is 9.49. The van der Waals surface area contributed by atoms with Gasteiger partial charge in [-0.05, 0) is 43.9 Å². The van der Waals surface area contributed by atoms with Gasteiger partial charge in [0.2, 0.25) is 0 Å². The average Bonchev–Trinajstić information content (AvgIpc) is 3.27. The van der Waals surface area contributed by atoms with Gasteiger partial charge in [0.15, 0.2) is 0 Å². The van der Waals surface area contributed by atoms with E-state index in [-0.39, 0.29) is 34.6 Å². The van der Waals surface area contributed by atoms with Gasteiger partial charge in [0.05, 0.1) is 12.2 Å². The number of thiophene rings is 1. The van der Waals surface area contributed by atoms with Crippen LogP contribution in [-0.4, -0.2) is 18.5 Å². The maximum absolute atomic E-state index is 12.2. The number of carbonyl (C=O) groups is 2. The van der Waals surface area contributed by atoms with Gasteiger partial charge < -0.3 is 15.2 Å². The molecule has 1 heterocycles. The van der Waals surface area contributed by atoms with E-state index in [4.69, 9.17) is 15.2 Å². The molecular weight excluding hydrogens is 340 g/mol. The van der Waals surface area contributed by atoms with Crippen LogP contribution in [0.2, 0.25) is 0 Å². The highest BCUT2D eigenvalue weighted by Gasteiger charge is 2.40. The molecule has 6 nitrogen and oxygen atoms in total. The predicted octanol–water partition coefficient (Wildman–Crippen LogP) is 3.25. The zero-order valence-electron chi connectivity index (χ0n) is 14.2. The predicted molar refractivity (Wildman–Crippen MR) is 92.8 cm³/mol. The first kappa shape index (κ1) is 17.7. The van der Waals surface area contributed by atoms with Crippen molar-refractivity contribution in [3.8, 4) is 6.07 Å². The number of hydrogen-bond acceptors (Lipinski definition) is 7. The summed E-state index contributed by atoms with van der Waals surface area (Å²) in [6, 6.07) is 1.99. The summed E-state index contributed by atoms with van der Waals surface area (Å²) in [4.78, 5) is 24.5. The highest BCUT2D eigenvalue weighted by molar-refractivity contribution is 7.18. The molecule has 2 saturated carbocycles. The number of nitrogens with two attached hydrogens (primary N) is 1. The minimum Gasteiger partial charge on any atom is -0.462 e. The molecule has 1 aromatic heterocycles. The summed E-state index contributed by atoms with van der Waals surface area (Å²) in [5.41, 5.74) is 6.36. The molecule has 7 heteroatoms. The summed E-state index contributed by atoms with van der Waals surface area (Å²) in [5.74, 6) is 1.03. The smallest absolute Gasteiger partial charge is 0.348 e. The lowest BCUT2D eigenvalue weighted by molar-refractivity contribution is -0.146. The third-order valence-electron chi connectivity index (χ3n) is 5.30. The molecule has 0 amide bonds. The second kappa shape index (κ2) is 7.44. The number of rotatable bonds is 6. The van der Waals surface area contributed by atoms with Crippen LogP contribution in [0.3, 0.4) is 0 Å². The number of anilines is 1. The monoisotopic (exact) mass is 362 g/mol. The molecule has 134 valence electrons. The van der Waals surface area contributed by atoms with Crippen LogP contribution in [0, 0.1) is 29.1 Å². The van der Waals surface area contributed by atoms with Gasteiger partial charge in [-0.2, -0.15) is 5.26 Å². The summed E-state index contributed by atoms with van der Waals surface area (Å²) in [7, 11) is 0. The van der Waals surface area contributed by atoms with Crippen LogP contribution < -0.4 is 5.73 Å². The number of fused-ring (bicyclic) bond motifs is 2. The van der Waals surface area contributed by atoms with Gasteiger partial charge in [0, 0.05) is 12.0 Å². The number of nitrogens with zero attached hydrogens (tertiary/aromatic N) is 1. The molecule has 2 bridgehead atoms. The first-order valence-electron chi connectivity index (χ1n) is 8.67. The number of nitriles is 1. The van der Waals surface area contributed by atoms with Crippen molar-refractivity contribution in [3.63, 3.8) is 0 Å². The van der Waals surface area contributed by atoms with E-state index in [0.29, 0.717) is 23.8 Å². The van der Waals surface area contributed by atoms with Crippen molar-refractivity contribution in [2.75, 3.05) is 12.3 Å². The molecule has 0 saturated heterocycles. The molecule has 2 aliphatic rings. The molecule has 0 spiro atoms. The van der Waals surface area contributed by atoms with E-state index in [1.165, 1.54) is 19.3 Å². The minimum absolute atomic E-state index is 0.121. The normalized spacial score (nSPS) is 24.1. The minimum atomic E-state index is -0.542. The van der Waals surface area contributed by atoms with Crippen molar-refractivity contribution < 1.29 is 19.1 Å². The van der Waals surface area contributed by atoms with E-state index in [1.807, 2.05) is 6.07 Å². The standard InChI is InChI=1S/C18H22N2O4S/c1-2-23-18(22)16-14(13(8-19)17(20)25-16)9-24-15(21)7-12-6-10-3-4-11(12)5-10/h10-12H,2-7,9,20H2,1H3/t10-,11+,12+/m0/s1. The number of carbonyl (C=O) groups excluding carboxylic acids is 2. The van der Waals surface area contributed by atoms with Crippen molar-refractivity contribution in [3.05, 3.63) is 16.0 Å². The van der Waals surface area contributed by atoms with Crippen molar-refractivity contribution in [1.29, 1.82) is 5.26 Å². The fourth-order valence-electron chi connectivity index (χ4n) is 4.16. The van der Waals surface area contributed by atoms with Crippen LogP contribution in [0.15, 0.2) is 0 Å². The van der Waals surface area contributed by atoms with E-state index < -0.39 is 5.97 Å². The lowest BCUT2D eigenvalue weighted by Crippen LogP contribution is -2.17. The molecule has 2 aliphatic carbocycles. The Morgan fingerprint density at radius 2 is 2.12 bits per heavy atom. The Balaban J connectivity index is 1.64. The highest BCUT2D eigenvalue weighted by atomic mass is 32.1. The fourth-order valence-corrected chi connectivity index (χ4v) is 5.08. The van der Waals surface area contributed by atoms with E-state index in [2.05, 4.69) is 0 Å². The van der Waals surface area contributed by atoms with Gasteiger partial charge in [-0.3, -0.25) is 4.79 Å². The molecule has 0 aromatic carbocycles. The molecule has 0 aliphatic heterocycles. The molecule has 3 rings (SSSR count). The zero-order chi connectivity index (χ0) is 18.0. The number of nitrogen functional groups attached to an aromatic ring is 1. The summed E-state index contributed by atoms with van der Waals surface area (Å²) >= 11 is 0.997. The third kappa shape index (κ3) is 3.64. The van der Waals surface area contributed by atoms with Crippen LogP contribution in [-0.2, 0) is 20.9 Å². The van der Waals surface area contributed by atoms with Gasteiger partial charge >= 0.3 is 11.9 Å². The van der Waals surface area contributed by atoms with Gasteiger partial charge in [0.25, 0.3) is 0 Å². The molecule has 2 fully saturated rings. The summed E-state index contributed by atoms with van der Waals surface area (Å²) in [6.45, 7) is 1.81. The van der Waals surface area contributed by atoms with Crippen LogP contribution >= 0.6 is 11.3 Å². The summed E-state index contributed by atoms with van der Waals surface area (Å²) < 4.78 is 10.4. The Morgan fingerprint density at radius 1 is 1.32 bits per heavy atom. The van der Waals surface area contributed by atoms with Gasteiger partial charge in [0.1, 0.15) is 22.6 Å². The van der Waals surface area contributed by atoms with E-state index >= 15 is 0 Å². The van der Waals surface area contributed by atoms with Gasteiger partial charge in [-0.25, -0.2) is 4.79 Å². The quantitative estimate of drug-likeness (QED) is 0.779. The number of hydrogen-bond donors (Lipinski definition) is 1. The van der Waals surface area contributed by atoms with Crippen molar-refractivity contribution in [1.82, 2.24) is 0 Å². The van der Waals surface area contributed by atoms with E-state index in [0.717, 1.165) is 23.7 Å². The Kier molecular flexibility index (Phi) is 5.28. The van der Waals surface area contributed by atoms with Crippen LogP contribution in [0.5, 0.6) is 0 Å². The van der Waals surface area contributed by atoms with Gasteiger partial charge in [-0.1, -0.05) is 6.42 Å². The van der Waals surface area contributed by atoms with Gasteiger partial charge in [-0.15, -0.1) is 11.3 Å². The van der Waals surface area contributed by atoms with Crippen molar-refractivity contribution >= 4 is 28.3 Å². The molecule has 0 unspecified atom stereocenters. The van der Waals surface area contributed by atoms with Crippen molar-refractivity contribution in [2.45, 2.75) is 45.6 Å². The summed E-state index contributed by atoms with van der Waals surface area (Å²) in [5, 5.41) is 9.52. The van der Waals surface area contributed by atoms with Crippen LogP contribution in [0.25, 0.3) is 0 Å². The molecule has 25 heavy (non-hydrogen) atoms. The second-order valence-electron chi connectivity index (χ2n) is 6.78. The van der Waals surface area contributed by atoms with E-state index in [9.17, 15) is 14.9 Å². The second-order valence-corrected chi connectivity index (χ2v) is 7.83. The molecule has 3 atom stereocenters. The molecule has 2 N–H and O–H groups in total. The largest absolute Gasteiger partial charge is 0.462 e. The Labute approximate surface area is 150 Å². The van der Waals surface area contributed by atoms with Crippen LogP contribution in [0.4, 0.5) is 5.00 Å². The third-order valence-corrected chi connectivity index (χ3v) is 6.34. The topological polar surface area (TPSA) is 102 Å². The molecule has 1 aromatic rings. The van der Waals surface area contributed by atoms with Crippen LogP contribution in [0.1, 0.15) is 59.8 Å². The Morgan fingerprint density at radius 3 is 2.72 bits per heavy atom. The SMILES string of the molecule is CCOC(=O)c1sc(N)c(C#N)c1COC(=O)C[C@H]1C[C@H]2CC[C@@H]1C2. The molecule has 0 radical (unpaired) electrons. The Hall–Kier alpha value is -2.07. The number of ether oxygens (including phenoxy) is 2. The fraction of sp³-hybridized carbons (Fsp3) is 0.611. The maximum Gasteiger partial charge on any atom is 0.348 e. The molecular formula is C18H22N2O4S. The lowest BCUT2D eigenvalue weighted by Gasteiger charge is -2.20. The lowest BCUT2D eigenvalue weighted by atomic mass is 9.86. The summed E-state index contributed by atoms with van der Waals surface area (Å²) in [6.07, 6.45) is 5.28. The zero-order valence-corrected chi connectivity index (χ0v) is 15.1. The maximum atomic E-state index is 12.2. The van der Waals surface area contributed by atoms with Crippen molar-refractivity contribution in [2.24, 2.45) is 17.8 Å². The first-order chi connectivity index (χ1) is 12.0. The number of esters is 2. The van der Waals surface area contributed by atoms with E-state index in [1.54, 1.807) is 6.92 Å². The average molecular weight is 362 g/mol.